The van der Waals surface area contributed by atoms with Crippen LogP contribution in [0.15, 0.2) is 18.2 Å². The maximum atomic E-state index is 11.9. The van der Waals surface area contributed by atoms with Crippen molar-refractivity contribution in [1.82, 2.24) is 5.32 Å². The summed E-state index contributed by atoms with van der Waals surface area (Å²) in [6.07, 6.45) is 2.27. The van der Waals surface area contributed by atoms with Gasteiger partial charge in [-0.15, -0.1) is 0 Å². The number of nitrogens with one attached hydrogen (secondary N) is 1. The van der Waals surface area contributed by atoms with Crippen molar-refractivity contribution >= 4 is 17.7 Å². The van der Waals surface area contributed by atoms with Gasteiger partial charge in [0, 0.05) is 18.2 Å². The van der Waals surface area contributed by atoms with E-state index in [4.69, 9.17) is 0 Å². The van der Waals surface area contributed by atoms with E-state index in [1.165, 1.54) is 18.2 Å². The van der Waals surface area contributed by atoms with Gasteiger partial charge in [0.05, 0.1) is 0 Å². The first-order valence-corrected chi connectivity index (χ1v) is 7.19. The minimum absolute atomic E-state index is 0.103. The van der Waals surface area contributed by atoms with Crippen LogP contribution in [0, 0.1) is 5.92 Å². The molecule has 1 aromatic rings. The molecule has 1 aliphatic heterocycles. The number of phenols is 2. The molecule has 0 atom stereocenters. The first kappa shape index (κ1) is 13.1. The second-order valence-electron chi connectivity index (χ2n) is 4.50. The van der Waals surface area contributed by atoms with Gasteiger partial charge in [-0.1, -0.05) is 0 Å². The summed E-state index contributed by atoms with van der Waals surface area (Å²) in [5.41, 5.74) is 0.290. The van der Waals surface area contributed by atoms with Crippen molar-refractivity contribution in [1.29, 1.82) is 0 Å². The summed E-state index contributed by atoms with van der Waals surface area (Å²) in [6, 6.07) is 3.91. The number of hydrogen-bond donors (Lipinski definition) is 3. The molecule has 0 unspecified atom stereocenters. The third-order valence-corrected chi connectivity index (χ3v) is 4.11. The fourth-order valence-corrected chi connectivity index (χ4v) is 3.22. The third kappa shape index (κ3) is 3.57. The summed E-state index contributed by atoms with van der Waals surface area (Å²) in [5, 5.41) is 21.5. The average molecular weight is 267 g/mol. The van der Waals surface area contributed by atoms with Crippen LogP contribution in [0.4, 0.5) is 0 Å². The van der Waals surface area contributed by atoms with Crippen molar-refractivity contribution in [3.63, 3.8) is 0 Å². The smallest absolute Gasteiger partial charge is 0.251 e. The monoisotopic (exact) mass is 267 g/mol. The molecule has 4 nitrogen and oxygen atoms in total. The quantitative estimate of drug-likeness (QED) is 0.783. The van der Waals surface area contributed by atoms with E-state index < -0.39 is 0 Å². The number of phenolic OH excluding ortho intramolecular Hbond substituents is 2. The molecule has 0 spiro atoms. The molecule has 98 valence electrons. The number of carbonyl (C=O) groups is 1. The molecule has 1 fully saturated rings. The number of benzene rings is 1. The van der Waals surface area contributed by atoms with Crippen LogP contribution in [0.1, 0.15) is 23.2 Å². The fraction of sp³-hybridized carbons (Fsp3) is 0.462. The van der Waals surface area contributed by atoms with Gasteiger partial charge in [0.25, 0.3) is 5.91 Å². The Morgan fingerprint density at radius 2 is 1.83 bits per heavy atom. The van der Waals surface area contributed by atoms with Crippen molar-refractivity contribution in [2.75, 3.05) is 18.1 Å². The standard InChI is InChI=1S/C13H17NO3S/c15-11-5-10(6-12(16)7-11)13(17)14-8-9-1-3-18-4-2-9/h5-7,9,15-16H,1-4,8H2,(H,14,17). The largest absolute Gasteiger partial charge is 0.508 e. The highest BCUT2D eigenvalue weighted by atomic mass is 32.2. The first-order valence-electron chi connectivity index (χ1n) is 6.04. The van der Waals surface area contributed by atoms with Crippen LogP contribution >= 0.6 is 11.8 Å². The van der Waals surface area contributed by atoms with E-state index in [1.807, 2.05) is 11.8 Å². The second kappa shape index (κ2) is 6.00. The van der Waals surface area contributed by atoms with E-state index in [0.717, 1.165) is 24.3 Å². The molecule has 0 bridgehead atoms. The molecule has 1 aromatic carbocycles. The number of rotatable bonds is 3. The molecular formula is C13H17NO3S. The SMILES string of the molecule is O=C(NCC1CCSCC1)c1cc(O)cc(O)c1. The Bertz CT molecular complexity index is 410. The summed E-state index contributed by atoms with van der Waals surface area (Å²) in [6.45, 7) is 0.663. The van der Waals surface area contributed by atoms with Crippen molar-refractivity contribution in [2.24, 2.45) is 5.92 Å². The lowest BCUT2D eigenvalue weighted by atomic mass is 10.0. The Hall–Kier alpha value is -1.36. The zero-order chi connectivity index (χ0) is 13.0. The Kier molecular flexibility index (Phi) is 4.36. The van der Waals surface area contributed by atoms with Gasteiger partial charge in [-0.2, -0.15) is 11.8 Å². The maximum Gasteiger partial charge on any atom is 0.251 e. The van der Waals surface area contributed by atoms with Gasteiger partial charge in [0.15, 0.2) is 0 Å². The topological polar surface area (TPSA) is 69.6 Å². The summed E-state index contributed by atoms with van der Waals surface area (Å²) in [5.74, 6) is 2.41. The van der Waals surface area contributed by atoms with Crippen molar-refractivity contribution in [3.05, 3.63) is 23.8 Å². The number of thioether (sulfide) groups is 1. The maximum absolute atomic E-state index is 11.9. The molecule has 1 saturated heterocycles. The van der Waals surface area contributed by atoms with Gasteiger partial charge < -0.3 is 15.5 Å². The van der Waals surface area contributed by atoms with E-state index >= 15 is 0 Å². The van der Waals surface area contributed by atoms with Gasteiger partial charge in [-0.25, -0.2) is 0 Å². The van der Waals surface area contributed by atoms with Crippen LogP contribution in [0.5, 0.6) is 11.5 Å². The molecular weight excluding hydrogens is 250 g/mol. The highest BCUT2D eigenvalue weighted by Crippen LogP contribution is 2.23. The van der Waals surface area contributed by atoms with Crippen LogP contribution in [-0.4, -0.2) is 34.2 Å². The van der Waals surface area contributed by atoms with Crippen LogP contribution in [0.2, 0.25) is 0 Å². The number of amides is 1. The van der Waals surface area contributed by atoms with Crippen molar-refractivity contribution in [2.45, 2.75) is 12.8 Å². The number of carbonyl (C=O) groups excluding carboxylic acids is 1. The Balaban J connectivity index is 1.90. The molecule has 0 saturated carbocycles. The minimum atomic E-state index is -0.251. The zero-order valence-electron chi connectivity index (χ0n) is 10.1. The van der Waals surface area contributed by atoms with Gasteiger partial charge in [0.1, 0.15) is 11.5 Å². The fourth-order valence-electron chi connectivity index (χ4n) is 2.02. The molecule has 0 aromatic heterocycles. The van der Waals surface area contributed by atoms with Crippen LogP contribution in [0.25, 0.3) is 0 Å². The first-order chi connectivity index (χ1) is 8.65. The van der Waals surface area contributed by atoms with Crippen molar-refractivity contribution < 1.29 is 15.0 Å². The van der Waals surface area contributed by atoms with Gasteiger partial charge in [-0.3, -0.25) is 4.79 Å². The predicted molar refractivity (Wildman–Crippen MR) is 72.2 cm³/mol. The predicted octanol–water partition coefficient (Wildman–Crippen LogP) is 1.97. The summed E-state index contributed by atoms with van der Waals surface area (Å²) in [7, 11) is 0. The molecule has 1 aliphatic rings. The normalized spacial score (nSPS) is 16.4. The summed E-state index contributed by atoms with van der Waals surface area (Å²) in [4.78, 5) is 11.9. The molecule has 0 radical (unpaired) electrons. The molecule has 0 aliphatic carbocycles. The van der Waals surface area contributed by atoms with Gasteiger partial charge in [0.2, 0.25) is 0 Å². The van der Waals surface area contributed by atoms with Gasteiger partial charge >= 0.3 is 0 Å². The summed E-state index contributed by atoms with van der Waals surface area (Å²) >= 11 is 1.95. The van der Waals surface area contributed by atoms with E-state index in [0.29, 0.717) is 12.5 Å². The Morgan fingerprint density at radius 1 is 1.22 bits per heavy atom. The summed E-state index contributed by atoms with van der Waals surface area (Å²) < 4.78 is 0. The highest BCUT2D eigenvalue weighted by Gasteiger charge is 2.15. The lowest BCUT2D eigenvalue weighted by Gasteiger charge is -2.21. The molecule has 2 rings (SSSR count). The van der Waals surface area contributed by atoms with Crippen LogP contribution < -0.4 is 5.32 Å². The van der Waals surface area contributed by atoms with E-state index in [2.05, 4.69) is 5.32 Å². The lowest BCUT2D eigenvalue weighted by Crippen LogP contribution is -2.30. The van der Waals surface area contributed by atoms with E-state index in [9.17, 15) is 15.0 Å². The minimum Gasteiger partial charge on any atom is -0.508 e. The van der Waals surface area contributed by atoms with Gasteiger partial charge in [-0.05, 0) is 42.4 Å². The lowest BCUT2D eigenvalue weighted by molar-refractivity contribution is 0.0945. The molecule has 1 amide bonds. The number of aromatic hydroxyl groups is 2. The highest BCUT2D eigenvalue weighted by molar-refractivity contribution is 7.99. The van der Waals surface area contributed by atoms with E-state index in [-0.39, 0.29) is 23.0 Å². The zero-order valence-corrected chi connectivity index (χ0v) is 10.9. The van der Waals surface area contributed by atoms with Crippen LogP contribution in [0.3, 0.4) is 0 Å². The van der Waals surface area contributed by atoms with Crippen molar-refractivity contribution in [3.8, 4) is 11.5 Å². The molecule has 5 heteroatoms. The Labute approximate surface area is 110 Å². The third-order valence-electron chi connectivity index (χ3n) is 3.06. The average Bonchev–Trinajstić information content (AvgIpc) is 2.36. The molecule has 3 N–H and O–H groups in total. The molecule has 1 heterocycles. The van der Waals surface area contributed by atoms with E-state index in [1.54, 1.807) is 0 Å². The second-order valence-corrected chi connectivity index (χ2v) is 5.73. The Morgan fingerprint density at radius 3 is 2.44 bits per heavy atom. The molecule has 18 heavy (non-hydrogen) atoms. The number of hydrogen-bond acceptors (Lipinski definition) is 4. The van der Waals surface area contributed by atoms with Crippen LogP contribution in [-0.2, 0) is 0 Å².